The Bertz CT molecular complexity index is 385. The van der Waals surface area contributed by atoms with Crippen LogP contribution in [0, 0.1) is 5.41 Å². The lowest BCUT2D eigenvalue weighted by Gasteiger charge is -2.15. The molecule has 2 rings (SSSR count). The molecule has 0 amide bonds. The molecule has 0 radical (unpaired) electrons. The van der Waals surface area contributed by atoms with Crippen LogP contribution in [0.4, 0.5) is 0 Å². The molecule has 1 heterocycles. The van der Waals surface area contributed by atoms with Gasteiger partial charge in [0.2, 0.25) is 0 Å². The quantitative estimate of drug-likeness (QED) is 0.838. The highest BCUT2D eigenvalue weighted by atomic mass is 32.1. The molecule has 1 fully saturated rings. The van der Waals surface area contributed by atoms with Crippen molar-refractivity contribution in [2.24, 2.45) is 5.41 Å². The van der Waals surface area contributed by atoms with Crippen LogP contribution in [-0.4, -0.2) is 11.5 Å². The van der Waals surface area contributed by atoms with E-state index in [1.807, 2.05) is 0 Å². The molecule has 0 atom stereocenters. The fraction of sp³-hybridized carbons (Fsp3) is 0.800. The zero-order chi connectivity index (χ0) is 13.2. The van der Waals surface area contributed by atoms with Crippen LogP contribution in [0.1, 0.15) is 64.1 Å². The van der Waals surface area contributed by atoms with Gasteiger partial charge in [0.25, 0.3) is 0 Å². The zero-order valence-electron chi connectivity index (χ0n) is 12.2. The second-order valence-corrected chi connectivity index (χ2v) is 7.67. The fourth-order valence-electron chi connectivity index (χ4n) is 2.39. The molecule has 0 unspecified atom stereocenters. The van der Waals surface area contributed by atoms with Crippen LogP contribution in [0.2, 0.25) is 0 Å². The van der Waals surface area contributed by atoms with Crippen molar-refractivity contribution in [2.45, 2.75) is 65.3 Å². The molecule has 102 valence electrons. The summed E-state index contributed by atoms with van der Waals surface area (Å²) in [7, 11) is 0. The van der Waals surface area contributed by atoms with Crippen molar-refractivity contribution in [3.05, 3.63) is 16.1 Å². The van der Waals surface area contributed by atoms with Gasteiger partial charge in [-0.2, -0.15) is 0 Å². The van der Waals surface area contributed by atoms with Gasteiger partial charge in [-0.1, -0.05) is 34.1 Å². The predicted octanol–water partition coefficient (Wildman–Crippen LogP) is 4.11. The highest BCUT2D eigenvalue weighted by molar-refractivity contribution is 7.09. The average molecular weight is 266 g/mol. The lowest BCUT2D eigenvalue weighted by molar-refractivity contribution is 0.420. The summed E-state index contributed by atoms with van der Waals surface area (Å²) in [6, 6.07) is 0. The molecule has 1 saturated carbocycles. The lowest BCUT2D eigenvalue weighted by Crippen LogP contribution is -2.23. The summed E-state index contributed by atoms with van der Waals surface area (Å²) < 4.78 is 0. The minimum atomic E-state index is 0.175. The second-order valence-electron chi connectivity index (χ2n) is 6.73. The Morgan fingerprint density at radius 1 is 1.39 bits per heavy atom. The monoisotopic (exact) mass is 266 g/mol. The van der Waals surface area contributed by atoms with Crippen molar-refractivity contribution in [2.75, 3.05) is 6.54 Å². The van der Waals surface area contributed by atoms with Gasteiger partial charge >= 0.3 is 0 Å². The highest BCUT2D eigenvalue weighted by Crippen LogP contribution is 2.48. The van der Waals surface area contributed by atoms with E-state index in [2.05, 4.69) is 38.4 Å². The van der Waals surface area contributed by atoms with E-state index in [-0.39, 0.29) is 5.41 Å². The Balaban J connectivity index is 1.79. The van der Waals surface area contributed by atoms with E-state index in [1.54, 1.807) is 11.3 Å². The van der Waals surface area contributed by atoms with E-state index in [9.17, 15) is 0 Å². The first kappa shape index (κ1) is 14.0. The van der Waals surface area contributed by atoms with Crippen LogP contribution in [-0.2, 0) is 12.0 Å². The first-order valence-corrected chi connectivity index (χ1v) is 7.99. The van der Waals surface area contributed by atoms with Gasteiger partial charge in [-0.25, -0.2) is 4.98 Å². The minimum absolute atomic E-state index is 0.175. The highest BCUT2D eigenvalue weighted by Gasteiger charge is 2.40. The maximum Gasteiger partial charge on any atom is 0.107 e. The minimum Gasteiger partial charge on any atom is -0.310 e. The molecule has 0 saturated heterocycles. The number of thiazole rings is 1. The molecule has 3 heteroatoms. The SMILES string of the molecule is CCCC1(CNCc2nc(C(C)(C)C)cs2)CC1. The van der Waals surface area contributed by atoms with Crippen LogP contribution >= 0.6 is 11.3 Å². The summed E-state index contributed by atoms with van der Waals surface area (Å²) in [6.45, 7) is 11.1. The molecule has 2 nitrogen and oxygen atoms in total. The third-order valence-corrected chi connectivity index (χ3v) is 4.68. The number of nitrogens with one attached hydrogen (secondary N) is 1. The summed E-state index contributed by atoms with van der Waals surface area (Å²) in [5, 5.41) is 7.04. The van der Waals surface area contributed by atoms with Gasteiger partial charge in [-0.15, -0.1) is 11.3 Å². The maximum atomic E-state index is 4.72. The third kappa shape index (κ3) is 3.55. The van der Waals surface area contributed by atoms with Gasteiger partial charge in [-0.3, -0.25) is 0 Å². The first-order chi connectivity index (χ1) is 8.45. The summed E-state index contributed by atoms with van der Waals surface area (Å²) in [5.74, 6) is 0. The predicted molar refractivity (Wildman–Crippen MR) is 79.1 cm³/mol. The Hall–Kier alpha value is -0.410. The second kappa shape index (κ2) is 5.30. The molecule has 18 heavy (non-hydrogen) atoms. The molecule has 1 aromatic rings. The van der Waals surface area contributed by atoms with Crippen molar-refractivity contribution < 1.29 is 0 Å². The summed E-state index contributed by atoms with van der Waals surface area (Å²) in [4.78, 5) is 4.72. The molecule has 1 N–H and O–H groups in total. The van der Waals surface area contributed by atoms with Gasteiger partial charge in [0.15, 0.2) is 0 Å². The lowest BCUT2D eigenvalue weighted by atomic mass is 9.93. The first-order valence-electron chi connectivity index (χ1n) is 7.11. The number of aromatic nitrogens is 1. The molecule has 1 aromatic heterocycles. The Morgan fingerprint density at radius 3 is 2.61 bits per heavy atom. The summed E-state index contributed by atoms with van der Waals surface area (Å²) >= 11 is 1.79. The number of nitrogens with zero attached hydrogens (tertiary/aromatic N) is 1. The molecule has 1 aliphatic carbocycles. The Morgan fingerprint density at radius 2 is 2.11 bits per heavy atom. The molecule has 0 bridgehead atoms. The van der Waals surface area contributed by atoms with Gasteiger partial charge in [0, 0.05) is 23.9 Å². The van der Waals surface area contributed by atoms with E-state index >= 15 is 0 Å². The van der Waals surface area contributed by atoms with E-state index in [1.165, 1.54) is 42.9 Å². The van der Waals surface area contributed by atoms with Crippen molar-refractivity contribution in [1.29, 1.82) is 0 Å². The van der Waals surface area contributed by atoms with E-state index in [0.29, 0.717) is 5.41 Å². The molecular weight excluding hydrogens is 240 g/mol. The van der Waals surface area contributed by atoms with Crippen LogP contribution in [0.25, 0.3) is 0 Å². The fourth-order valence-corrected chi connectivity index (χ4v) is 3.38. The van der Waals surface area contributed by atoms with Crippen LogP contribution < -0.4 is 5.32 Å². The molecular formula is C15H26N2S. The van der Waals surface area contributed by atoms with Crippen molar-refractivity contribution >= 4 is 11.3 Å². The average Bonchev–Trinajstić information content (AvgIpc) is 2.86. The number of hydrogen-bond acceptors (Lipinski definition) is 3. The summed E-state index contributed by atoms with van der Waals surface area (Å²) in [6.07, 6.45) is 5.52. The zero-order valence-corrected chi connectivity index (χ0v) is 13.0. The number of hydrogen-bond donors (Lipinski definition) is 1. The molecule has 0 spiro atoms. The van der Waals surface area contributed by atoms with Gasteiger partial charge in [-0.05, 0) is 24.7 Å². The van der Waals surface area contributed by atoms with Crippen molar-refractivity contribution in [3.63, 3.8) is 0 Å². The summed E-state index contributed by atoms with van der Waals surface area (Å²) in [5.41, 5.74) is 2.03. The maximum absolute atomic E-state index is 4.72. The van der Waals surface area contributed by atoms with Crippen LogP contribution in [0.3, 0.4) is 0 Å². The van der Waals surface area contributed by atoms with Crippen LogP contribution in [0.5, 0.6) is 0 Å². The molecule has 1 aliphatic rings. The van der Waals surface area contributed by atoms with Gasteiger partial charge in [0.1, 0.15) is 5.01 Å². The smallest absolute Gasteiger partial charge is 0.107 e. The van der Waals surface area contributed by atoms with E-state index in [4.69, 9.17) is 4.98 Å². The molecule has 0 aromatic carbocycles. The topological polar surface area (TPSA) is 24.9 Å². The van der Waals surface area contributed by atoms with E-state index in [0.717, 1.165) is 6.54 Å². The normalized spacial score (nSPS) is 18.0. The standard InChI is InChI=1S/C15H26N2S/c1-5-6-15(7-8-15)11-16-9-13-17-12(10-18-13)14(2,3)4/h10,16H,5-9,11H2,1-4H3. The Labute approximate surface area is 115 Å². The Kier molecular flexibility index (Phi) is 4.12. The van der Waals surface area contributed by atoms with Crippen molar-refractivity contribution in [3.8, 4) is 0 Å². The van der Waals surface area contributed by atoms with Crippen molar-refractivity contribution in [1.82, 2.24) is 10.3 Å². The van der Waals surface area contributed by atoms with E-state index < -0.39 is 0 Å². The molecule has 0 aliphatic heterocycles. The van der Waals surface area contributed by atoms with Gasteiger partial charge in [0.05, 0.1) is 5.69 Å². The van der Waals surface area contributed by atoms with Crippen LogP contribution in [0.15, 0.2) is 5.38 Å². The third-order valence-electron chi connectivity index (χ3n) is 3.83. The number of rotatable bonds is 6. The largest absolute Gasteiger partial charge is 0.310 e. The van der Waals surface area contributed by atoms with Gasteiger partial charge < -0.3 is 5.32 Å².